The lowest BCUT2D eigenvalue weighted by atomic mass is 10.0. The Morgan fingerprint density at radius 1 is 0.340 bits per heavy atom. The minimum absolute atomic E-state index is 0.651. The van der Waals surface area contributed by atoms with Crippen LogP contribution in [0.3, 0.4) is 0 Å². The third kappa shape index (κ3) is 3.80. The molecule has 0 unspecified atom stereocenters. The van der Waals surface area contributed by atoms with E-state index in [4.69, 9.17) is 15.0 Å². The van der Waals surface area contributed by atoms with Crippen molar-refractivity contribution in [2.45, 2.75) is 0 Å². The van der Waals surface area contributed by atoms with Gasteiger partial charge in [-0.05, 0) is 53.9 Å². The monoisotopic (exact) mass is 637 g/mol. The molecule has 11 rings (SSSR count). The lowest BCUT2D eigenvalue weighted by Crippen LogP contribution is -2.00. The summed E-state index contributed by atoms with van der Waals surface area (Å²) in [5, 5.41) is 7.40. The summed E-state index contributed by atoms with van der Waals surface area (Å²) >= 11 is 0. The van der Waals surface area contributed by atoms with Gasteiger partial charge in [0.25, 0.3) is 0 Å². The quantitative estimate of drug-likeness (QED) is 0.193. The van der Waals surface area contributed by atoms with E-state index in [1.165, 1.54) is 49.0 Å². The summed E-state index contributed by atoms with van der Waals surface area (Å²) < 4.78 is 4.88. The molecule has 5 nitrogen and oxygen atoms in total. The van der Waals surface area contributed by atoms with Gasteiger partial charge < -0.3 is 8.97 Å². The van der Waals surface area contributed by atoms with Gasteiger partial charge >= 0.3 is 0 Å². The molecule has 4 heterocycles. The number of fused-ring (bicyclic) bond motifs is 5. The minimum Gasteiger partial charge on any atom is -0.309 e. The van der Waals surface area contributed by atoms with E-state index in [1.807, 2.05) is 60.7 Å². The van der Waals surface area contributed by atoms with Gasteiger partial charge in [-0.3, -0.25) is 0 Å². The Morgan fingerprint density at radius 3 is 1.54 bits per heavy atom. The van der Waals surface area contributed by atoms with Gasteiger partial charge in [0.15, 0.2) is 17.5 Å². The highest BCUT2D eigenvalue weighted by molar-refractivity contribution is 6.31. The number of hydrogen-bond acceptors (Lipinski definition) is 3. The molecule has 0 saturated carbocycles. The molecule has 0 radical (unpaired) electrons. The Balaban J connectivity index is 1.24. The van der Waals surface area contributed by atoms with Crippen molar-refractivity contribution < 1.29 is 0 Å². The van der Waals surface area contributed by atoms with Crippen molar-refractivity contribution in [2.24, 2.45) is 0 Å². The van der Waals surface area contributed by atoms with E-state index >= 15 is 0 Å². The normalized spacial score (nSPS) is 12.0. The second kappa shape index (κ2) is 10.3. The van der Waals surface area contributed by atoms with Gasteiger partial charge in [-0.15, -0.1) is 0 Å². The molecule has 4 aromatic heterocycles. The van der Waals surface area contributed by atoms with Crippen LogP contribution in [0.25, 0.3) is 99.8 Å². The summed E-state index contributed by atoms with van der Waals surface area (Å²) in [6.07, 6.45) is 0. The average Bonchev–Trinajstić information content (AvgIpc) is 3.67. The molecule has 0 fully saturated rings. The van der Waals surface area contributed by atoms with Crippen LogP contribution >= 0.6 is 0 Å². The Hall–Kier alpha value is -6.85. The van der Waals surface area contributed by atoms with Crippen LogP contribution in [0.1, 0.15) is 0 Å². The molecule has 232 valence electrons. The number of hydrogen-bond donors (Lipinski definition) is 0. The fraction of sp³-hybridized carbons (Fsp3) is 0. The highest BCUT2D eigenvalue weighted by Gasteiger charge is 2.22. The predicted octanol–water partition coefficient (Wildman–Crippen LogP) is 11.1. The summed E-state index contributed by atoms with van der Waals surface area (Å²) in [5.74, 6) is 1.96. The lowest BCUT2D eigenvalue weighted by Gasteiger charge is -2.09. The largest absolute Gasteiger partial charge is 0.309 e. The third-order valence-corrected chi connectivity index (χ3v) is 10.1. The molecular weight excluding hydrogens is 611 g/mol. The Bertz CT molecular complexity index is 3010. The van der Waals surface area contributed by atoms with Gasteiger partial charge in [0.1, 0.15) is 0 Å². The maximum Gasteiger partial charge on any atom is 0.164 e. The second-order valence-corrected chi connectivity index (χ2v) is 12.8. The maximum atomic E-state index is 5.04. The van der Waals surface area contributed by atoms with E-state index in [-0.39, 0.29) is 0 Å². The molecular formula is C45H27N5. The summed E-state index contributed by atoms with van der Waals surface area (Å²) in [7, 11) is 0. The van der Waals surface area contributed by atoms with Gasteiger partial charge in [0.05, 0.1) is 27.6 Å². The van der Waals surface area contributed by atoms with E-state index in [0.29, 0.717) is 17.5 Å². The van der Waals surface area contributed by atoms with Crippen LogP contribution in [0.4, 0.5) is 0 Å². The Labute approximate surface area is 286 Å². The number of para-hydroxylation sites is 2. The molecule has 0 N–H and O–H groups in total. The van der Waals surface area contributed by atoms with Gasteiger partial charge in [-0.2, -0.15) is 0 Å². The van der Waals surface area contributed by atoms with Crippen LogP contribution in [0.2, 0.25) is 0 Å². The van der Waals surface area contributed by atoms with Crippen LogP contribution in [-0.4, -0.2) is 23.9 Å². The molecule has 7 aromatic carbocycles. The maximum absolute atomic E-state index is 5.04. The molecule has 50 heavy (non-hydrogen) atoms. The van der Waals surface area contributed by atoms with Crippen LogP contribution < -0.4 is 0 Å². The molecule has 5 heteroatoms. The molecule has 0 amide bonds. The first-order valence-electron chi connectivity index (χ1n) is 16.9. The van der Waals surface area contributed by atoms with Crippen molar-refractivity contribution in [3.63, 3.8) is 0 Å². The molecule has 0 atom stereocenters. The van der Waals surface area contributed by atoms with E-state index in [0.717, 1.165) is 33.3 Å². The number of nitrogens with zero attached hydrogens (tertiary/aromatic N) is 5. The van der Waals surface area contributed by atoms with E-state index in [9.17, 15) is 0 Å². The lowest BCUT2D eigenvalue weighted by molar-refractivity contribution is 1.07. The van der Waals surface area contributed by atoms with Crippen LogP contribution in [0, 0.1) is 0 Å². The summed E-state index contributed by atoms with van der Waals surface area (Å²) in [4.78, 5) is 15.0. The van der Waals surface area contributed by atoms with Crippen LogP contribution in [0.15, 0.2) is 164 Å². The molecule has 0 aliphatic carbocycles. The SMILES string of the molecule is c1ccc(-c2nc(-c3ccccc3)nc(-c3ccc4c(c3)c3cccc5c6cccc7c6c6c(cccc6n4c53)n7-c3ccccc3)n2)cc1. The zero-order chi connectivity index (χ0) is 32.8. The van der Waals surface area contributed by atoms with Gasteiger partial charge in [-0.1, -0.05) is 115 Å². The molecule has 0 aliphatic rings. The fourth-order valence-electron chi connectivity index (χ4n) is 7.97. The van der Waals surface area contributed by atoms with E-state index < -0.39 is 0 Å². The Kier molecular flexibility index (Phi) is 5.60. The van der Waals surface area contributed by atoms with Gasteiger partial charge in [-0.25, -0.2) is 15.0 Å². The number of aromatic nitrogens is 5. The van der Waals surface area contributed by atoms with Crippen LogP contribution in [0.5, 0.6) is 0 Å². The molecule has 11 aromatic rings. The van der Waals surface area contributed by atoms with E-state index in [2.05, 4.69) is 112 Å². The highest BCUT2D eigenvalue weighted by Crippen LogP contribution is 2.44. The first-order valence-corrected chi connectivity index (χ1v) is 16.9. The van der Waals surface area contributed by atoms with Crippen molar-refractivity contribution >= 4 is 59.9 Å². The highest BCUT2D eigenvalue weighted by atomic mass is 15.0. The summed E-state index contributed by atoms with van der Waals surface area (Å²) in [6.45, 7) is 0. The second-order valence-electron chi connectivity index (χ2n) is 12.8. The van der Waals surface area contributed by atoms with Crippen molar-refractivity contribution in [1.82, 2.24) is 23.9 Å². The zero-order valence-corrected chi connectivity index (χ0v) is 26.8. The van der Waals surface area contributed by atoms with Crippen molar-refractivity contribution in [3.05, 3.63) is 164 Å². The van der Waals surface area contributed by atoms with Gasteiger partial charge in [0, 0.05) is 49.3 Å². The Morgan fingerprint density at radius 2 is 0.860 bits per heavy atom. The first kappa shape index (κ1) is 27.1. The average molecular weight is 638 g/mol. The van der Waals surface area contributed by atoms with Crippen molar-refractivity contribution in [3.8, 4) is 39.9 Å². The molecule has 0 bridgehead atoms. The number of rotatable bonds is 4. The zero-order valence-electron chi connectivity index (χ0n) is 26.8. The molecule has 0 saturated heterocycles. The third-order valence-electron chi connectivity index (χ3n) is 10.1. The smallest absolute Gasteiger partial charge is 0.164 e. The van der Waals surface area contributed by atoms with Crippen LogP contribution in [-0.2, 0) is 0 Å². The molecule has 0 spiro atoms. The summed E-state index contributed by atoms with van der Waals surface area (Å²) in [6, 6.07) is 57.8. The topological polar surface area (TPSA) is 48.0 Å². The van der Waals surface area contributed by atoms with E-state index in [1.54, 1.807) is 0 Å². The molecule has 0 aliphatic heterocycles. The standard InChI is InChI=1S/C45H27N5/c1-4-13-28(14-5-1)43-46-44(29-15-6-2-7-16-29)48-45(47-43)30-25-26-36-35(27-30)34-21-10-20-33-32-19-11-22-37-40(32)41-38(49(37)31-17-8-3-9-18-31)23-12-24-39(41)50(36)42(33)34/h1-27H. The van der Waals surface area contributed by atoms with Crippen molar-refractivity contribution in [1.29, 1.82) is 0 Å². The first-order chi connectivity index (χ1) is 24.8. The summed E-state index contributed by atoms with van der Waals surface area (Å²) in [5.41, 5.74) is 9.98. The number of benzene rings is 7. The minimum atomic E-state index is 0.651. The fourth-order valence-corrected chi connectivity index (χ4v) is 7.97. The predicted molar refractivity (Wildman–Crippen MR) is 205 cm³/mol. The van der Waals surface area contributed by atoms with Crippen molar-refractivity contribution in [2.75, 3.05) is 0 Å². The van der Waals surface area contributed by atoms with Gasteiger partial charge in [0.2, 0.25) is 0 Å².